The minimum Gasteiger partial charge on any atom is -0.459 e. The van der Waals surface area contributed by atoms with Gasteiger partial charge in [0.05, 0.1) is 5.69 Å². The molecule has 0 spiro atoms. The largest absolute Gasteiger partial charge is 0.459 e. The molecule has 0 radical (unpaired) electrons. The lowest BCUT2D eigenvalue weighted by molar-refractivity contribution is -0.145. The van der Waals surface area contributed by atoms with Crippen LogP contribution in [0.25, 0.3) is 0 Å². The average Bonchev–Trinajstić information content (AvgIpc) is 3.07. The molecule has 1 aromatic heterocycles. The first-order valence-corrected chi connectivity index (χ1v) is 7.76. The van der Waals surface area contributed by atoms with Crippen LogP contribution in [0.4, 0.5) is 0 Å². The zero-order chi connectivity index (χ0) is 18.0. The van der Waals surface area contributed by atoms with Crippen LogP contribution in [-0.2, 0) is 36.7 Å². The van der Waals surface area contributed by atoms with E-state index in [0.29, 0.717) is 23.6 Å². The monoisotopic (exact) mass is 346 g/mol. The van der Waals surface area contributed by atoms with E-state index in [1.807, 2.05) is 12.1 Å². The molecule has 1 aliphatic rings. The summed E-state index contributed by atoms with van der Waals surface area (Å²) < 4.78 is 18.0. The SMILES string of the molecule is Cn1c(COC(=O)CCc2ccc3c(c2)OCO3)cc(=O)n(C)c1=O. The number of rotatable bonds is 5. The van der Waals surface area contributed by atoms with Crippen molar-refractivity contribution in [1.29, 1.82) is 0 Å². The zero-order valence-corrected chi connectivity index (χ0v) is 14.0. The highest BCUT2D eigenvalue weighted by molar-refractivity contribution is 5.69. The highest BCUT2D eigenvalue weighted by atomic mass is 16.7. The number of fused-ring (bicyclic) bond motifs is 1. The Morgan fingerprint density at radius 2 is 1.88 bits per heavy atom. The molecule has 0 amide bonds. The van der Waals surface area contributed by atoms with Crippen LogP contribution < -0.4 is 20.7 Å². The molecule has 1 aliphatic heterocycles. The third-order valence-corrected chi connectivity index (χ3v) is 4.06. The summed E-state index contributed by atoms with van der Waals surface area (Å²) in [6.07, 6.45) is 0.670. The second kappa shape index (κ2) is 6.84. The number of ether oxygens (including phenoxy) is 3. The number of hydrogen-bond acceptors (Lipinski definition) is 6. The molecule has 8 heteroatoms. The Labute approximate surface area is 143 Å². The zero-order valence-electron chi connectivity index (χ0n) is 14.0. The third-order valence-electron chi connectivity index (χ3n) is 4.06. The van der Waals surface area contributed by atoms with E-state index in [1.54, 1.807) is 6.07 Å². The lowest BCUT2D eigenvalue weighted by Gasteiger charge is -2.10. The molecule has 25 heavy (non-hydrogen) atoms. The Hall–Kier alpha value is -3.03. The fourth-order valence-electron chi connectivity index (χ4n) is 2.49. The van der Waals surface area contributed by atoms with Crippen molar-refractivity contribution in [3.05, 3.63) is 56.4 Å². The summed E-state index contributed by atoms with van der Waals surface area (Å²) in [5.41, 5.74) is 0.389. The van der Waals surface area contributed by atoms with E-state index in [2.05, 4.69) is 0 Å². The predicted molar refractivity (Wildman–Crippen MR) is 87.6 cm³/mol. The van der Waals surface area contributed by atoms with Crippen LogP contribution in [0, 0.1) is 0 Å². The number of aromatic nitrogens is 2. The van der Waals surface area contributed by atoms with Crippen LogP contribution in [0.5, 0.6) is 11.5 Å². The Bertz CT molecular complexity index is 928. The number of nitrogens with zero attached hydrogens (tertiary/aromatic N) is 2. The van der Waals surface area contributed by atoms with Gasteiger partial charge in [0.1, 0.15) is 6.61 Å². The van der Waals surface area contributed by atoms with Gasteiger partial charge in [-0.25, -0.2) is 4.79 Å². The van der Waals surface area contributed by atoms with Gasteiger partial charge in [-0.3, -0.25) is 18.7 Å². The summed E-state index contributed by atoms with van der Waals surface area (Å²) in [5.74, 6) is 0.949. The maximum Gasteiger partial charge on any atom is 0.330 e. The molecule has 8 nitrogen and oxygen atoms in total. The first kappa shape index (κ1) is 16.8. The van der Waals surface area contributed by atoms with E-state index >= 15 is 0 Å². The van der Waals surface area contributed by atoms with Crippen LogP contribution >= 0.6 is 0 Å². The molecule has 132 valence electrons. The van der Waals surface area contributed by atoms with Gasteiger partial charge in [0.2, 0.25) is 6.79 Å². The van der Waals surface area contributed by atoms with Gasteiger partial charge in [-0.05, 0) is 24.1 Å². The molecule has 0 N–H and O–H groups in total. The van der Waals surface area contributed by atoms with Crippen molar-refractivity contribution in [2.24, 2.45) is 14.1 Å². The summed E-state index contributed by atoms with van der Waals surface area (Å²) in [6.45, 7) is 0.0812. The van der Waals surface area contributed by atoms with Gasteiger partial charge >= 0.3 is 11.7 Å². The molecule has 0 unspecified atom stereocenters. The molecule has 2 aromatic rings. The van der Waals surface area contributed by atoms with Crippen molar-refractivity contribution in [1.82, 2.24) is 9.13 Å². The molecule has 3 rings (SSSR count). The Kier molecular flexibility index (Phi) is 4.60. The first-order valence-electron chi connectivity index (χ1n) is 7.76. The van der Waals surface area contributed by atoms with Crippen molar-refractivity contribution < 1.29 is 19.0 Å². The fraction of sp³-hybridized carbons (Fsp3) is 0.353. The van der Waals surface area contributed by atoms with Crippen LogP contribution in [0.15, 0.2) is 33.9 Å². The highest BCUT2D eigenvalue weighted by Gasteiger charge is 2.14. The molecule has 0 saturated heterocycles. The molecule has 1 aromatic carbocycles. The predicted octanol–water partition coefficient (Wildman–Crippen LogP) is 0.489. The van der Waals surface area contributed by atoms with E-state index in [9.17, 15) is 14.4 Å². The molecule has 0 fully saturated rings. The van der Waals surface area contributed by atoms with E-state index < -0.39 is 17.2 Å². The van der Waals surface area contributed by atoms with E-state index in [0.717, 1.165) is 10.1 Å². The van der Waals surface area contributed by atoms with Crippen LogP contribution in [0.1, 0.15) is 17.7 Å². The summed E-state index contributed by atoms with van der Waals surface area (Å²) in [6, 6.07) is 6.79. The fourth-order valence-corrected chi connectivity index (χ4v) is 2.49. The van der Waals surface area contributed by atoms with Crippen molar-refractivity contribution in [3.8, 4) is 11.5 Å². The first-order chi connectivity index (χ1) is 12.0. The van der Waals surface area contributed by atoms with Gasteiger partial charge in [-0.2, -0.15) is 0 Å². The highest BCUT2D eigenvalue weighted by Crippen LogP contribution is 2.32. The minimum atomic E-state index is -0.459. The standard InChI is InChI=1S/C17H18N2O6/c1-18-12(8-15(20)19(2)17(18)22)9-23-16(21)6-4-11-3-5-13-14(7-11)25-10-24-13/h3,5,7-8H,4,6,9-10H2,1-2H3. The van der Waals surface area contributed by atoms with Gasteiger partial charge in [0.25, 0.3) is 5.56 Å². The normalized spacial score (nSPS) is 12.2. The number of carbonyl (C=O) groups excluding carboxylic acids is 1. The van der Waals surface area contributed by atoms with Crippen LogP contribution in [0.3, 0.4) is 0 Å². The van der Waals surface area contributed by atoms with E-state index in [-0.39, 0.29) is 19.8 Å². The van der Waals surface area contributed by atoms with Crippen molar-refractivity contribution in [2.45, 2.75) is 19.4 Å². The number of carbonyl (C=O) groups is 1. The molecule has 0 bridgehead atoms. The van der Waals surface area contributed by atoms with Gasteiger partial charge < -0.3 is 14.2 Å². The maximum absolute atomic E-state index is 11.9. The van der Waals surface area contributed by atoms with Gasteiger partial charge in [-0.1, -0.05) is 6.07 Å². The van der Waals surface area contributed by atoms with E-state index in [4.69, 9.17) is 14.2 Å². The quantitative estimate of drug-likeness (QED) is 0.732. The summed E-state index contributed by atoms with van der Waals surface area (Å²) >= 11 is 0. The lowest BCUT2D eigenvalue weighted by Crippen LogP contribution is -2.38. The van der Waals surface area contributed by atoms with Gasteiger partial charge in [0, 0.05) is 26.6 Å². The summed E-state index contributed by atoms with van der Waals surface area (Å²) in [5, 5.41) is 0. The van der Waals surface area contributed by atoms with Crippen LogP contribution in [-0.4, -0.2) is 21.9 Å². The molecule has 0 atom stereocenters. The van der Waals surface area contributed by atoms with Crippen LogP contribution in [0.2, 0.25) is 0 Å². The second-order valence-electron chi connectivity index (χ2n) is 5.72. The van der Waals surface area contributed by atoms with Gasteiger partial charge in [-0.15, -0.1) is 0 Å². The summed E-state index contributed by atoms with van der Waals surface area (Å²) in [7, 11) is 2.92. The Balaban J connectivity index is 1.57. The smallest absolute Gasteiger partial charge is 0.330 e. The second-order valence-corrected chi connectivity index (χ2v) is 5.72. The molecular weight excluding hydrogens is 328 g/mol. The van der Waals surface area contributed by atoms with Gasteiger partial charge in [0.15, 0.2) is 11.5 Å². The number of esters is 1. The molecule has 0 aliphatic carbocycles. The number of benzene rings is 1. The Morgan fingerprint density at radius 3 is 2.68 bits per heavy atom. The molecular formula is C17H18N2O6. The number of aryl methyl sites for hydroxylation is 1. The van der Waals surface area contributed by atoms with Crippen molar-refractivity contribution >= 4 is 5.97 Å². The Morgan fingerprint density at radius 1 is 1.12 bits per heavy atom. The average molecular weight is 346 g/mol. The van der Waals surface area contributed by atoms with Crippen molar-refractivity contribution in [2.75, 3.05) is 6.79 Å². The summed E-state index contributed by atoms with van der Waals surface area (Å²) in [4.78, 5) is 35.4. The lowest BCUT2D eigenvalue weighted by atomic mass is 10.1. The number of hydrogen-bond donors (Lipinski definition) is 0. The van der Waals surface area contributed by atoms with Crippen molar-refractivity contribution in [3.63, 3.8) is 0 Å². The molecule has 0 saturated carbocycles. The third kappa shape index (κ3) is 3.57. The van der Waals surface area contributed by atoms with E-state index in [1.165, 1.54) is 24.7 Å². The maximum atomic E-state index is 11.9. The minimum absolute atomic E-state index is 0.123. The molecule has 2 heterocycles. The topological polar surface area (TPSA) is 88.8 Å².